The van der Waals surface area contributed by atoms with Crippen molar-refractivity contribution >= 4 is 22.8 Å². The summed E-state index contributed by atoms with van der Waals surface area (Å²) in [6.07, 6.45) is 8.23. The molecule has 1 atom stereocenters. The standard InChI is InChI=1S/C21H29N5O2/c1-15(27)25-11-8-17(14-25)20-18-7-4-9-23-21(18)26(24-20)12-10-22-19(28)13-16-5-2-3-6-16/h4,7,9,16-17H,2-3,5-6,8,10-14H2,1H3,(H,22,28). The molecule has 2 aliphatic rings. The first-order valence-electron chi connectivity index (χ1n) is 10.5. The van der Waals surface area contributed by atoms with Crippen LogP contribution < -0.4 is 5.32 Å². The Morgan fingerprint density at radius 1 is 1.25 bits per heavy atom. The van der Waals surface area contributed by atoms with Crippen LogP contribution in [0.5, 0.6) is 0 Å². The van der Waals surface area contributed by atoms with Crippen LogP contribution in [-0.2, 0) is 16.1 Å². The monoisotopic (exact) mass is 383 g/mol. The fourth-order valence-corrected chi connectivity index (χ4v) is 4.61. The van der Waals surface area contributed by atoms with Crippen LogP contribution in [-0.4, -0.2) is 51.1 Å². The predicted molar refractivity (Wildman–Crippen MR) is 107 cm³/mol. The molecule has 0 bridgehead atoms. The van der Waals surface area contributed by atoms with Crippen LogP contribution in [0.2, 0.25) is 0 Å². The maximum Gasteiger partial charge on any atom is 0.220 e. The molecule has 7 nitrogen and oxygen atoms in total. The third-order valence-corrected chi connectivity index (χ3v) is 6.15. The number of fused-ring (bicyclic) bond motifs is 1. The zero-order valence-corrected chi connectivity index (χ0v) is 16.6. The fraction of sp³-hybridized carbons (Fsp3) is 0.619. The molecular formula is C21H29N5O2. The molecule has 0 spiro atoms. The highest BCUT2D eigenvalue weighted by molar-refractivity contribution is 5.79. The Hall–Kier alpha value is -2.44. The molecule has 1 N–H and O–H groups in total. The van der Waals surface area contributed by atoms with Gasteiger partial charge in [-0.15, -0.1) is 0 Å². The zero-order chi connectivity index (χ0) is 19.5. The highest BCUT2D eigenvalue weighted by Gasteiger charge is 2.29. The quantitative estimate of drug-likeness (QED) is 0.831. The van der Waals surface area contributed by atoms with Gasteiger partial charge in [0.05, 0.1) is 12.2 Å². The van der Waals surface area contributed by atoms with E-state index < -0.39 is 0 Å². The number of likely N-dealkylation sites (tertiary alicyclic amines) is 1. The Labute approximate surface area is 165 Å². The van der Waals surface area contributed by atoms with Crippen molar-refractivity contribution in [1.29, 1.82) is 0 Å². The van der Waals surface area contributed by atoms with E-state index in [1.165, 1.54) is 25.7 Å². The topological polar surface area (TPSA) is 80.1 Å². The highest BCUT2D eigenvalue weighted by Crippen LogP contribution is 2.31. The molecule has 1 aliphatic heterocycles. The van der Waals surface area contributed by atoms with E-state index in [-0.39, 0.29) is 17.7 Å². The number of carbonyl (C=O) groups excluding carboxylic acids is 2. The normalized spacial score (nSPS) is 20.2. The number of rotatable bonds is 6. The van der Waals surface area contributed by atoms with Gasteiger partial charge in [-0.2, -0.15) is 5.10 Å². The minimum atomic E-state index is 0.120. The number of hydrogen-bond donors (Lipinski definition) is 1. The van der Waals surface area contributed by atoms with Gasteiger partial charge in [0.25, 0.3) is 0 Å². The Kier molecular flexibility index (Phi) is 5.59. The van der Waals surface area contributed by atoms with Crippen molar-refractivity contribution in [3.05, 3.63) is 24.0 Å². The van der Waals surface area contributed by atoms with Crippen molar-refractivity contribution in [3.63, 3.8) is 0 Å². The molecule has 1 unspecified atom stereocenters. The Balaban J connectivity index is 1.41. The summed E-state index contributed by atoms with van der Waals surface area (Å²) in [5.74, 6) is 1.07. The molecule has 1 aliphatic carbocycles. The number of carbonyl (C=O) groups is 2. The van der Waals surface area contributed by atoms with Gasteiger partial charge in [0.15, 0.2) is 5.65 Å². The van der Waals surface area contributed by atoms with Gasteiger partial charge in [0.1, 0.15) is 0 Å². The summed E-state index contributed by atoms with van der Waals surface area (Å²) in [7, 11) is 0. The third-order valence-electron chi connectivity index (χ3n) is 6.15. The van der Waals surface area contributed by atoms with Gasteiger partial charge < -0.3 is 10.2 Å². The van der Waals surface area contributed by atoms with Gasteiger partial charge in [-0.05, 0) is 37.3 Å². The first-order valence-corrected chi connectivity index (χ1v) is 10.5. The first kappa shape index (κ1) is 18.9. The maximum atomic E-state index is 12.2. The van der Waals surface area contributed by atoms with Crippen LogP contribution >= 0.6 is 0 Å². The summed E-state index contributed by atoms with van der Waals surface area (Å²) in [5, 5.41) is 8.92. The van der Waals surface area contributed by atoms with Crippen molar-refractivity contribution < 1.29 is 9.59 Å². The summed E-state index contributed by atoms with van der Waals surface area (Å²) in [4.78, 5) is 30.2. The Morgan fingerprint density at radius 2 is 2.07 bits per heavy atom. The molecule has 2 aromatic heterocycles. The summed E-state index contributed by atoms with van der Waals surface area (Å²) in [6, 6.07) is 3.98. The van der Waals surface area contributed by atoms with E-state index in [0.29, 0.717) is 32.0 Å². The van der Waals surface area contributed by atoms with Gasteiger partial charge in [0, 0.05) is 50.5 Å². The SMILES string of the molecule is CC(=O)N1CCC(c2nn(CCNC(=O)CC3CCCC3)c3ncccc23)C1. The minimum Gasteiger partial charge on any atom is -0.354 e. The Morgan fingerprint density at radius 3 is 2.82 bits per heavy atom. The molecule has 0 radical (unpaired) electrons. The number of nitrogens with zero attached hydrogens (tertiary/aromatic N) is 4. The van der Waals surface area contributed by atoms with Crippen molar-refractivity contribution in [2.45, 2.75) is 57.9 Å². The van der Waals surface area contributed by atoms with Crippen molar-refractivity contribution in [2.75, 3.05) is 19.6 Å². The average molecular weight is 383 g/mol. The van der Waals surface area contributed by atoms with Crippen LogP contribution in [0.3, 0.4) is 0 Å². The maximum absolute atomic E-state index is 12.2. The summed E-state index contributed by atoms with van der Waals surface area (Å²) < 4.78 is 1.90. The number of amides is 2. The van der Waals surface area contributed by atoms with E-state index in [9.17, 15) is 9.59 Å². The molecule has 0 aromatic carbocycles. The second-order valence-electron chi connectivity index (χ2n) is 8.14. The van der Waals surface area contributed by atoms with Crippen LogP contribution in [0.4, 0.5) is 0 Å². The molecule has 2 fully saturated rings. The van der Waals surface area contributed by atoms with Crippen LogP contribution in [0.15, 0.2) is 18.3 Å². The van der Waals surface area contributed by atoms with Crippen molar-refractivity contribution in [3.8, 4) is 0 Å². The second-order valence-corrected chi connectivity index (χ2v) is 8.14. The molecule has 4 rings (SSSR count). The molecule has 2 aromatic rings. The third kappa shape index (κ3) is 4.03. The largest absolute Gasteiger partial charge is 0.354 e. The van der Waals surface area contributed by atoms with E-state index in [4.69, 9.17) is 5.10 Å². The van der Waals surface area contributed by atoms with E-state index in [1.54, 1.807) is 13.1 Å². The summed E-state index contributed by atoms with van der Waals surface area (Å²) >= 11 is 0. The first-order chi connectivity index (χ1) is 13.6. The number of pyridine rings is 1. The zero-order valence-electron chi connectivity index (χ0n) is 16.6. The lowest BCUT2D eigenvalue weighted by atomic mass is 10.0. The molecule has 1 saturated carbocycles. The lowest BCUT2D eigenvalue weighted by Gasteiger charge is -2.13. The predicted octanol–water partition coefficient (Wildman–Crippen LogP) is 2.46. The van der Waals surface area contributed by atoms with Gasteiger partial charge in [0.2, 0.25) is 11.8 Å². The van der Waals surface area contributed by atoms with E-state index >= 15 is 0 Å². The van der Waals surface area contributed by atoms with Crippen molar-refractivity contribution in [1.82, 2.24) is 25.0 Å². The second kappa shape index (κ2) is 8.29. The van der Waals surface area contributed by atoms with Crippen LogP contribution in [0.1, 0.15) is 57.1 Å². The molecule has 7 heteroatoms. The van der Waals surface area contributed by atoms with Crippen LogP contribution in [0.25, 0.3) is 11.0 Å². The molecule has 2 amide bonds. The van der Waals surface area contributed by atoms with Gasteiger partial charge in [-0.25, -0.2) is 9.67 Å². The molecule has 1 saturated heterocycles. The molecule has 150 valence electrons. The van der Waals surface area contributed by atoms with Gasteiger partial charge in [-0.1, -0.05) is 12.8 Å². The number of nitrogens with one attached hydrogen (secondary N) is 1. The van der Waals surface area contributed by atoms with E-state index in [0.717, 1.165) is 29.7 Å². The average Bonchev–Trinajstić information content (AvgIpc) is 3.41. The lowest BCUT2D eigenvalue weighted by molar-refractivity contribution is -0.127. The van der Waals surface area contributed by atoms with Crippen molar-refractivity contribution in [2.24, 2.45) is 5.92 Å². The molecular weight excluding hydrogens is 354 g/mol. The lowest BCUT2D eigenvalue weighted by Crippen LogP contribution is -2.28. The minimum absolute atomic E-state index is 0.120. The summed E-state index contributed by atoms with van der Waals surface area (Å²) in [6.45, 7) is 4.28. The number of hydrogen-bond acceptors (Lipinski definition) is 4. The highest BCUT2D eigenvalue weighted by atomic mass is 16.2. The van der Waals surface area contributed by atoms with Crippen LogP contribution in [0, 0.1) is 5.92 Å². The van der Waals surface area contributed by atoms with Gasteiger partial charge >= 0.3 is 0 Å². The Bertz CT molecular complexity index is 856. The van der Waals surface area contributed by atoms with E-state index in [1.807, 2.05) is 15.6 Å². The summed E-state index contributed by atoms with van der Waals surface area (Å²) in [5.41, 5.74) is 1.87. The number of aromatic nitrogens is 3. The molecule has 28 heavy (non-hydrogen) atoms. The van der Waals surface area contributed by atoms with E-state index in [2.05, 4.69) is 16.4 Å². The smallest absolute Gasteiger partial charge is 0.220 e. The fourth-order valence-electron chi connectivity index (χ4n) is 4.61. The van der Waals surface area contributed by atoms with Gasteiger partial charge in [-0.3, -0.25) is 9.59 Å². The molecule has 3 heterocycles.